The Morgan fingerprint density at radius 2 is 1.92 bits per heavy atom. The first-order valence-corrected chi connectivity index (χ1v) is 10.5. The van der Waals surface area contributed by atoms with Gasteiger partial charge in [0.05, 0.1) is 6.10 Å². The molecule has 0 unspecified atom stereocenters. The zero-order valence-electron chi connectivity index (χ0n) is 15.7. The first-order valence-electron chi connectivity index (χ1n) is 10.5. The van der Waals surface area contributed by atoms with Gasteiger partial charge >= 0.3 is 0 Å². The number of ether oxygens (including phenoxy) is 1. The highest BCUT2D eigenvalue weighted by Crippen LogP contribution is 2.82. The van der Waals surface area contributed by atoms with Crippen LogP contribution in [-0.4, -0.2) is 19.5 Å². The lowest BCUT2D eigenvalue weighted by Crippen LogP contribution is -2.56. The van der Waals surface area contributed by atoms with Crippen molar-refractivity contribution in [1.82, 2.24) is 0 Å². The van der Waals surface area contributed by atoms with E-state index < -0.39 is 0 Å². The fraction of sp³-hybridized carbons (Fsp3) is 0.955. The number of methoxy groups -OCH3 is 1. The Morgan fingerprint density at radius 3 is 2.62 bits per heavy atom. The van der Waals surface area contributed by atoms with Crippen LogP contribution in [0.4, 0.5) is 0 Å². The van der Waals surface area contributed by atoms with Crippen LogP contribution in [0.15, 0.2) is 0 Å². The largest absolute Gasteiger partial charge is 0.381 e. The van der Waals surface area contributed by atoms with Crippen molar-refractivity contribution in [1.29, 1.82) is 0 Å². The fourth-order valence-corrected chi connectivity index (χ4v) is 9.19. The predicted molar refractivity (Wildman–Crippen MR) is 94.5 cm³/mol. The molecule has 0 aromatic rings. The predicted octanol–water partition coefficient (Wildman–Crippen LogP) is 4.86. The van der Waals surface area contributed by atoms with E-state index >= 15 is 0 Å². The molecule has 2 heteroatoms. The maximum Gasteiger partial charge on any atom is 0.120 e. The molecular weight excluding hydrogens is 296 g/mol. The van der Waals surface area contributed by atoms with E-state index in [4.69, 9.17) is 4.74 Å². The van der Waals surface area contributed by atoms with Crippen LogP contribution < -0.4 is 0 Å². The normalized spacial score (nSPS) is 60.8. The van der Waals surface area contributed by atoms with Crippen LogP contribution in [0.1, 0.15) is 71.6 Å². The quantitative estimate of drug-likeness (QED) is 0.691. The topological polar surface area (TPSA) is 26.3 Å². The smallest absolute Gasteiger partial charge is 0.120 e. The molecule has 5 saturated carbocycles. The number of fused-ring (bicyclic) bond motifs is 4. The van der Waals surface area contributed by atoms with Gasteiger partial charge in [-0.25, -0.2) is 0 Å². The van der Waals surface area contributed by atoms with Crippen LogP contribution in [0.5, 0.6) is 0 Å². The molecule has 0 saturated heterocycles. The van der Waals surface area contributed by atoms with Crippen molar-refractivity contribution < 1.29 is 9.53 Å². The number of carbonyl (C=O) groups is 1. The highest BCUT2D eigenvalue weighted by molar-refractivity contribution is 5.50. The average Bonchev–Trinajstić information content (AvgIpc) is 3.10. The molecule has 0 radical (unpaired) electrons. The Morgan fingerprint density at radius 1 is 1.08 bits per heavy atom. The molecular formula is C22H34O2. The van der Waals surface area contributed by atoms with Crippen LogP contribution >= 0.6 is 0 Å². The zero-order valence-corrected chi connectivity index (χ0v) is 15.7. The molecule has 0 N–H and O–H groups in total. The van der Waals surface area contributed by atoms with Gasteiger partial charge in [-0.05, 0) is 91.8 Å². The van der Waals surface area contributed by atoms with Crippen molar-refractivity contribution in [3.05, 3.63) is 0 Å². The third-order valence-electron chi connectivity index (χ3n) is 10.4. The molecule has 0 heterocycles. The summed E-state index contributed by atoms with van der Waals surface area (Å²) in [4.78, 5) is 11.2. The number of aldehydes is 1. The van der Waals surface area contributed by atoms with E-state index in [-0.39, 0.29) is 0 Å². The van der Waals surface area contributed by atoms with Gasteiger partial charge in [0.1, 0.15) is 6.29 Å². The molecule has 24 heavy (non-hydrogen) atoms. The summed E-state index contributed by atoms with van der Waals surface area (Å²) in [5, 5.41) is 0. The van der Waals surface area contributed by atoms with Crippen molar-refractivity contribution in [3.8, 4) is 0 Å². The average molecular weight is 331 g/mol. The van der Waals surface area contributed by atoms with E-state index in [0.717, 1.165) is 30.1 Å². The fourth-order valence-electron chi connectivity index (χ4n) is 9.19. The highest BCUT2D eigenvalue weighted by atomic mass is 16.5. The number of carbonyl (C=O) groups excluding carboxylic acids is 1. The molecule has 134 valence electrons. The third kappa shape index (κ3) is 1.61. The van der Waals surface area contributed by atoms with Crippen LogP contribution in [-0.2, 0) is 9.53 Å². The van der Waals surface area contributed by atoms with E-state index in [1.54, 1.807) is 0 Å². The van der Waals surface area contributed by atoms with Crippen LogP contribution in [0.25, 0.3) is 0 Å². The molecule has 5 rings (SSSR count). The van der Waals surface area contributed by atoms with E-state index in [1.807, 2.05) is 7.11 Å². The molecule has 5 fully saturated rings. The minimum absolute atomic E-state index is 0.419. The van der Waals surface area contributed by atoms with Gasteiger partial charge in [0.15, 0.2) is 0 Å². The van der Waals surface area contributed by atoms with Crippen molar-refractivity contribution in [2.24, 2.45) is 45.8 Å². The summed E-state index contributed by atoms with van der Waals surface area (Å²) in [6.07, 6.45) is 13.6. The second kappa shape index (κ2) is 4.87. The molecule has 1 spiro atoms. The van der Waals surface area contributed by atoms with Gasteiger partial charge < -0.3 is 9.53 Å². The molecule has 0 amide bonds. The Labute approximate surface area is 147 Å². The lowest BCUT2D eigenvalue weighted by molar-refractivity contribution is -0.159. The van der Waals surface area contributed by atoms with E-state index in [9.17, 15) is 4.79 Å². The Balaban J connectivity index is 1.50. The summed E-state index contributed by atoms with van der Waals surface area (Å²) in [7, 11) is 1.97. The lowest BCUT2D eigenvalue weighted by Gasteiger charge is -2.60. The van der Waals surface area contributed by atoms with Crippen LogP contribution in [0.3, 0.4) is 0 Å². The first kappa shape index (κ1) is 15.9. The summed E-state index contributed by atoms with van der Waals surface area (Å²) in [5.74, 6) is 4.21. The minimum Gasteiger partial charge on any atom is -0.381 e. The number of rotatable bonds is 3. The summed E-state index contributed by atoms with van der Waals surface area (Å²) >= 11 is 0. The molecule has 5 aliphatic carbocycles. The summed E-state index contributed by atoms with van der Waals surface area (Å²) in [6.45, 7) is 5.17. The number of hydrogen-bond donors (Lipinski definition) is 0. The summed E-state index contributed by atoms with van der Waals surface area (Å²) in [5.41, 5.74) is 1.49. The standard InChI is InChI=1S/C22H34O2/c1-20-9-7-18-16(17(20)5-4-14(20)8-11-23)12-19(24-3)22-13-15(22)6-10-21(18,22)2/h11,14-19H,4-10,12-13H2,1-3H3/t14-,15+,16-,17-,18-,19+,20+,21+,22-/m0/s1. The van der Waals surface area contributed by atoms with Gasteiger partial charge in [-0.2, -0.15) is 0 Å². The van der Waals surface area contributed by atoms with E-state index in [2.05, 4.69) is 13.8 Å². The van der Waals surface area contributed by atoms with Crippen molar-refractivity contribution in [2.75, 3.05) is 7.11 Å². The Bertz CT molecular complexity index is 558. The van der Waals surface area contributed by atoms with E-state index in [0.29, 0.717) is 28.3 Å². The van der Waals surface area contributed by atoms with Crippen molar-refractivity contribution in [2.45, 2.75) is 77.7 Å². The Hall–Kier alpha value is -0.370. The van der Waals surface area contributed by atoms with Gasteiger partial charge in [-0.15, -0.1) is 0 Å². The number of hydrogen-bond acceptors (Lipinski definition) is 2. The molecule has 0 bridgehead atoms. The second-order valence-electron chi connectivity index (χ2n) is 10.5. The molecule has 0 aliphatic heterocycles. The molecule has 0 aromatic heterocycles. The highest BCUT2D eigenvalue weighted by Gasteiger charge is 2.77. The first-order chi connectivity index (χ1) is 11.5. The van der Waals surface area contributed by atoms with Crippen LogP contribution in [0, 0.1) is 45.8 Å². The molecule has 0 aromatic carbocycles. The van der Waals surface area contributed by atoms with Crippen molar-refractivity contribution in [3.63, 3.8) is 0 Å². The molecule has 5 aliphatic rings. The molecule has 9 atom stereocenters. The maximum atomic E-state index is 11.2. The third-order valence-corrected chi connectivity index (χ3v) is 10.4. The van der Waals surface area contributed by atoms with Gasteiger partial charge in [-0.3, -0.25) is 0 Å². The Kier molecular flexibility index (Phi) is 3.22. The summed E-state index contributed by atoms with van der Waals surface area (Å²) in [6, 6.07) is 0. The zero-order chi connectivity index (χ0) is 16.7. The van der Waals surface area contributed by atoms with Crippen LogP contribution in [0.2, 0.25) is 0 Å². The van der Waals surface area contributed by atoms with E-state index in [1.165, 1.54) is 57.7 Å². The van der Waals surface area contributed by atoms with Gasteiger partial charge in [-0.1, -0.05) is 13.8 Å². The second-order valence-corrected chi connectivity index (χ2v) is 10.5. The maximum absolute atomic E-state index is 11.2. The van der Waals surface area contributed by atoms with Crippen molar-refractivity contribution >= 4 is 6.29 Å². The van der Waals surface area contributed by atoms with Gasteiger partial charge in [0.2, 0.25) is 0 Å². The van der Waals surface area contributed by atoms with Gasteiger partial charge in [0.25, 0.3) is 0 Å². The lowest BCUT2D eigenvalue weighted by atomic mass is 9.45. The molecule has 2 nitrogen and oxygen atoms in total. The SMILES string of the molecule is CO[C@@H]1C[C@H]2[C@@H]3CC[C@@H](CC=O)[C@@]3(C)CC[C@@H]2[C@@]2(C)CC[C@@H]3C[C@]312. The monoisotopic (exact) mass is 330 g/mol. The minimum atomic E-state index is 0.419. The summed E-state index contributed by atoms with van der Waals surface area (Å²) < 4.78 is 6.16. The van der Waals surface area contributed by atoms with Gasteiger partial charge in [0, 0.05) is 18.9 Å².